The van der Waals surface area contributed by atoms with Crippen molar-refractivity contribution in [2.75, 3.05) is 13.6 Å². The molecule has 1 heteroatoms. The normalized spacial score (nSPS) is 11.5. The molecule has 0 rings (SSSR count). The Morgan fingerprint density at radius 3 is 2.75 bits per heavy atom. The Bertz CT molecular complexity index is 92.6. The highest BCUT2D eigenvalue weighted by atomic mass is 14.8. The number of rotatable bonds is 3. The second-order valence-electron chi connectivity index (χ2n) is 1.71. The van der Waals surface area contributed by atoms with Gasteiger partial charge in [-0.3, -0.25) is 0 Å². The minimum Gasteiger partial charge on any atom is -0.316 e. The van der Waals surface area contributed by atoms with E-state index in [0.717, 1.165) is 6.54 Å². The first-order valence-electron chi connectivity index (χ1n) is 2.75. The molecule has 0 aromatic rings. The van der Waals surface area contributed by atoms with Gasteiger partial charge in [0.1, 0.15) is 0 Å². The summed E-state index contributed by atoms with van der Waals surface area (Å²) in [5.74, 6) is 0. The van der Waals surface area contributed by atoms with Gasteiger partial charge in [-0.1, -0.05) is 24.3 Å². The van der Waals surface area contributed by atoms with Gasteiger partial charge < -0.3 is 5.32 Å². The van der Waals surface area contributed by atoms with Crippen molar-refractivity contribution in [2.45, 2.75) is 6.92 Å². The van der Waals surface area contributed by atoms with Gasteiger partial charge in [0, 0.05) is 6.54 Å². The Balaban J connectivity index is 3.40. The zero-order valence-corrected chi connectivity index (χ0v) is 5.57. The Kier molecular flexibility index (Phi) is 4.27. The van der Waals surface area contributed by atoms with Crippen molar-refractivity contribution < 1.29 is 0 Å². The first kappa shape index (κ1) is 7.44. The van der Waals surface area contributed by atoms with E-state index in [1.165, 1.54) is 5.57 Å². The highest BCUT2D eigenvalue weighted by Crippen LogP contribution is 1.88. The molecule has 0 aliphatic carbocycles. The second kappa shape index (κ2) is 4.60. The standard InChI is InChI=1S/C7H13N/c1-4-7(2)5-6-8-3/h4-5,8H,1,6H2,2-3H3/b7-5-. The summed E-state index contributed by atoms with van der Waals surface area (Å²) in [6.45, 7) is 6.58. The number of likely N-dealkylation sites (N-methyl/N-ethyl adjacent to an activating group) is 1. The average Bonchev–Trinajstić information content (AvgIpc) is 1.83. The van der Waals surface area contributed by atoms with Crippen LogP contribution in [0, 0.1) is 0 Å². The van der Waals surface area contributed by atoms with Crippen LogP contribution in [0.4, 0.5) is 0 Å². The van der Waals surface area contributed by atoms with Gasteiger partial charge in [0.15, 0.2) is 0 Å². The molecule has 0 radical (unpaired) electrons. The third kappa shape index (κ3) is 3.62. The van der Waals surface area contributed by atoms with E-state index >= 15 is 0 Å². The van der Waals surface area contributed by atoms with Crippen LogP contribution in [-0.2, 0) is 0 Å². The van der Waals surface area contributed by atoms with Crippen molar-refractivity contribution in [1.82, 2.24) is 5.32 Å². The lowest BCUT2D eigenvalue weighted by molar-refractivity contribution is 0.915. The van der Waals surface area contributed by atoms with Crippen LogP contribution in [-0.4, -0.2) is 13.6 Å². The van der Waals surface area contributed by atoms with Crippen molar-refractivity contribution in [3.63, 3.8) is 0 Å². The molecule has 0 fully saturated rings. The number of allylic oxidation sites excluding steroid dienone is 2. The van der Waals surface area contributed by atoms with Crippen LogP contribution < -0.4 is 5.32 Å². The lowest BCUT2D eigenvalue weighted by Gasteiger charge is -1.89. The molecule has 0 bridgehead atoms. The van der Waals surface area contributed by atoms with E-state index in [1.54, 1.807) is 0 Å². The summed E-state index contributed by atoms with van der Waals surface area (Å²) in [7, 11) is 1.92. The van der Waals surface area contributed by atoms with Crippen LogP contribution in [0.5, 0.6) is 0 Å². The smallest absolute Gasteiger partial charge is 0.0137 e. The summed E-state index contributed by atoms with van der Waals surface area (Å²) < 4.78 is 0. The van der Waals surface area contributed by atoms with Crippen LogP contribution in [0.1, 0.15) is 6.92 Å². The van der Waals surface area contributed by atoms with Crippen molar-refractivity contribution in [3.8, 4) is 0 Å². The average molecular weight is 111 g/mol. The fourth-order valence-electron chi connectivity index (χ4n) is 0.346. The Morgan fingerprint density at radius 1 is 1.75 bits per heavy atom. The van der Waals surface area contributed by atoms with E-state index in [2.05, 4.69) is 18.0 Å². The summed E-state index contributed by atoms with van der Waals surface area (Å²) in [6, 6.07) is 0. The molecule has 46 valence electrons. The minimum atomic E-state index is 0.928. The molecular formula is C7H13N. The Hall–Kier alpha value is -0.560. The zero-order chi connectivity index (χ0) is 6.41. The van der Waals surface area contributed by atoms with Crippen LogP contribution in [0.2, 0.25) is 0 Å². The van der Waals surface area contributed by atoms with Crippen LogP contribution in [0.15, 0.2) is 24.3 Å². The molecule has 0 aliphatic heterocycles. The predicted octanol–water partition coefficient (Wildman–Crippen LogP) is 1.34. The van der Waals surface area contributed by atoms with E-state index in [0.29, 0.717) is 0 Å². The van der Waals surface area contributed by atoms with Crippen LogP contribution >= 0.6 is 0 Å². The van der Waals surface area contributed by atoms with Crippen molar-refractivity contribution >= 4 is 0 Å². The van der Waals surface area contributed by atoms with E-state index < -0.39 is 0 Å². The monoisotopic (exact) mass is 111 g/mol. The van der Waals surface area contributed by atoms with Gasteiger partial charge in [-0.15, -0.1) is 0 Å². The van der Waals surface area contributed by atoms with Crippen LogP contribution in [0.3, 0.4) is 0 Å². The summed E-state index contributed by atoms with van der Waals surface area (Å²) >= 11 is 0. The topological polar surface area (TPSA) is 12.0 Å². The minimum absolute atomic E-state index is 0.928. The fourth-order valence-corrected chi connectivity index (χ4v) is 0.346. The van der Waals surface area contributed by atoms with Gasteiger partial charge in [-0.25, -0.2) is 0 Å². The van der Waals surface area contributed by atoms with Crippen LogP contribution in [0.25, 0.3) is 0 Å². The summed E-state index contributed by atoms with van der Waals surface area (Å²) in [6.07, 6.45) is 3.93. The van der Waals surface area contributed by atoms with Gasteiger partial charge in [-0.05, 0) is 14.0 Å². The molecule has 0 saturated carbocycles. The number of hydrogen-bond acceptors (Lipinski definition) is 1. The highest BCUT2D eigenvalue weighted by molar-refractivity contribution is 5.12. The molecule has 0 amide bonds. The molecule has 0 spiro atoms. The van der Waals surface area contributed by atoms with E-state index in [4.69, 9.17) is 0 Å². The summed E-state index contributed by atoms with van der Waals surface area (Å²) in [4.78, 5) is 0. The lowest BCUT2D eigenvalue weighted by atomic mass is 10.3. The second-order valence-corrected chi connectivity index (χ2v) is 1.71. The maximum atomic E-state index is 3.62. The maximum absolute atomic E-state index is 3.62. The molecule has 0 aromatic carbocycles. The van der Waals surface area contributed by atoms with E-state index in [9.17, 15) is 0 Å². The van der Waals surface area contributed by atoms with Gasteiger partial charge >= 0.3 is 0 Å². The number of nitrogens with one attached hydrogen (secondary N) is 1. The number of hydrogen-bond donors (Lipinski definition) is 1. The fraction of sp³-hybridized carbons (Fsp3) is 0.429. The largest absolute Gasteiger partial charge is 0.316 e. The summed E-state index contributed by atoms with van der Waals surface area (Å²) in [5, 5.41) is 3.01. The molecule has 0 aliphatic rings. The SMILES string of the molecule is C=C/C(C)=C\CNC. The highest BCUT2D eigenvalue weighted by Gasteiger charge is 1.74. The van der Waals surface area contributed by atoms with Gasteiger partial charge in [0.2, 0.25) is 0 Å². The molecule has 0 saturated heterocycles. The molecule has 0 atom stereocenters. The Labute approximate surface area is 51.1 Å². The third-order valence-electron chi connectivity index (χ3n) is 0.950. The molecule has 0 unspecified atom stereocenters. The lowest BCUT2D eigenvalue weighted by Crippen LogP contribution is -2.04. The van der Waals surface area contributed by atoms with E-state index in [-0.39, 0.29) is 0 Å². The quantitative estimate of drug-likeness (QED) is 0.542. The van der Waals surface area contributed by atoms with Gasteiger partial charge in [-0.2, -0.15) is 0 Å². The molecule has 1 nitrogen and oxygen atoms in total. The van der Waals surface area contributed by atoms with Crippen molar-refractivity contribution in [1.29, 1.82) is 0 Å². The van der Waals surface area contributed by atoms with Gasteiger partial charge in [0.05, 0.1) is 0 Å². The maximum Gasteiger partial charge on any atom is 0.0137 e. The van der Waals surface area contributed by atoms with E-state index in [1.807, 2.05) is 20.0 Å². The molecule has 8 heavy (non-hydrogen) atoms. The third-order valence-corrected chi connectivity index (χ3v) is 0.950. The first-order valence-corrected chi connectivity index (χ1v) is 2.75. The predicted molar refractivity (Wildman–Crippen MR) is 37.9 cm³/mol. The van der Waals surface area contributed by atoms with Crippen molar-refractivity contribution in [3.05, 3.63) is 24.3 Å². The molecule has 0 heterocycles. The molecular weight excluding hydrogens is 98.1 g/mol. The molecule has 1 N–H and O–H groups in total. The zero-order valence-electron chi connectivity index (χ0n) is 5.57. The van der Waals surface area contributed by atoms with Crippen molar-refractivity contribution in [2.24, 2.45) is 0 Å². The van der Waals surface area contributed by atoms with Gasteiger partial charge in [0.25, 0.3) is 0 Å². The first-order chi connectivity index (χ1) is 3.81. The molecule has 0 aromatic heterocycles. The Morgan fingerprint density at radius 2 is 2.38 bits per heavy atom. The summed E-state index contributed by atoms with van der Waals surface area (Å²) in [5.41, 5.74) is 1.22.